The highest BCUT2D eigenvalue weighted by atomic mass is 19.1. The van der Waals surface area contributed by atoms with E-state index in [4.69, 9.17) is 0 Å². The Kier molecular flexibility index (Phi) is 6.34. The third-order valence-corrected chi connectivity index (χ3v) is 4.31. The van der Waals surface area contributed by atoms with Crippen LogP contribution in [0.5, 0.6) is 0 Å². The number of hydrogen-bond donors (Lipinski definition) is 0. The zero-order chi connectivity index (χ0) is 15.2. The molecule has 0 saturated carbocycles. The van der Waals surface area contributed by atoms with Crippen LogP contribution in [0.2, 0.25) is 0 Å². The first kappa shape index (κ1) is 16.8. The van der Waals surface area contributed by atoms with Crippen molar-refractivity contribution in [2.24, 2.45) is 0 Å². The molecule has 1 aromatic carbocycles. The largest absolute Gasteiger partial charge is 0.297 e. The van der Waals surface area contributed by atoms with Crippen molar-refractivity contribution >= 4 is 5.78 Å². The van der Waals surface area contributed by atoms with Gasteiger partial charge in [-0.3, -0.25) is 9.69 Å². The van der Waals surface area contributed by atoms with Crippen LogP contribution in [-0.4, -0.2) is 29.3 Å². The molecule has 112 valence electrons. The SMILES string of the molecule is CCN(CC)C(CC)(CC)C(=O)Cc1cccc(F)c1. The van der Waals surface area contributed by atoms with Crippen molar-refractivity contribution in [3.8, 4) is 0 Å². The number of carbonyl (C=O) groups excluding carboxylic acids is 1. The molecule has 2 nitrogen and oxygen atoms in total. The molecule has 0 radical (unpaired) electrons. The summed E-state index contributed by atoms with van der Waals surface area (Å²) in [5, 5.41) is 0. The van der Waals surface area contributed by atoms with Gasteiger partial charge in [-0.25, -0.2) is 4.39 Å². The maximum absolute atomic E-state index is 13.2. The summed E-state index contributed by atoms with van der Waals surface area (Å²) in [4.78, 5) is 15.0. The fraction of sp³-hybridized carbons (Fsp3) is 0.588. The Morgan fingerprint density at radius 2 is 1.75 bits per heavy atom. The predicted molar refractivity (Wildman–Crippen MR) is 81.3 cm³/mol. The number of halogens is 1. The Hall–Kier alpha value is -1.22. The first-order valence-corrected chi connectivity index (χ1v) is 7.56. The first-order valence-electron chi connectivity index (χ1n) is 7.56. The smallest absolute Gasteiger partial charge is 0.157 e. The maximum atomic E-state index is 13.2. The molecule has 0 aliphatic rings. The van der Waals surface area contributed by atoms with Crippen molar-refractivity contribution in [2.75, 3.05) is 13.1 Å². The van der Waals surface area contributed by atoms with Crippen molar-refractivity contribution in [3.05, 3.63) is 35.6 Å². The number of rotatable bonds is 8. The number of ketones is 1. The molecule has 0 unspecified atom stereocenters. The van der Waals surface area contributed by atoms with Gasteiger partial charge in [-0.15, -0.1) is 0 Å². The number of benzene rings is 1. The van der Waals surface area contributed by atoms with E-state index in [0.29, 0.717) is 6.42 Å². The molecule has 0 aliphatic heterocycles. The minimum absolute atomic E-state index is 0.191. The van der Waals surface area contributed by atoms with Gasteiger partial charge in [-0.1, -0.05) is 39.8 Å². The van der Waals surface area contributed by atoms with E-state index in [1.54, 1.807) is 6.07 Å². The van der Waals surface area contributed by atoms with E-state index in [1.165, 1.54) is 12.1 Å². The van der Waals surface area contributed by atoms with E-state index < -0.39 is 5.54 Å². The van der Waals surface area contributed by atoms with Crippen molar-refractivity contribution < 1.29 is 9.18 Å². The van der Waals surface area contributed by atoms with Crippen LogP contribution < -0.4 is 0 Å². The van der Waals surface area contributed by atoms with Crippen LogP contribution in [0.15, 0.2) is 24.3 Å². The third kappa shape index (κ3) is 3.45. The fourth-order valence-electron chi connectivity index (χ4n) is 3.09. The lowest BCUT2D eigenvalue weighted by molar-refractivity contribution is -0.131. The summed E-state index contributed by atoms with van der Waals surface area (Å²) in [6.07, 6.45) is 1.88. The second kappa shape index (κ2) is 7.53. The second-order valence-electron chi connectivity index (χ2n) is 5.14. The van der Waals surface area contributed by atoms with Crippen LogP contribution in [0.1, 0.15) is 46.1 Å². The van der Waals surface area contributed by atoms with Crippen LogP contribution in [0.3, 0.4) is 0 Å². The van der Waals surface area contributed by atoms with E-state index in [1.807, 2.05) is 6.07 Å². The van der Waals surface area contributed by atoms with Gasteiger partial charge in [0.1, 0.15) is 5.82 Å². The van der Waals surface area contributed by atoms with Gasteiger partial charge >= 0.3 is 0 Å². The lowest BCUT2D eigenvalue weighted by atomic mass is 9.83. The zero-order valence-electron chi connectivity index (χ0n) is 13.1. The molecular formula is C17H26FNO. The lowest BCUT2D eigenvalue weighted by Crippen LogP contribution is -2.54. The maximum Gasteiger partial charge on any atom is 0.157 e. The molecule has 0 amide bonds. The minimum Gasteiger partial charge on any atom is -0.297 e. The van der Waals surface area contributed by atoms with Crippen LogP contribution in [-0.2, 0) is 11.2 Å². The van der Waals surface area contributed by atoms with Crippen molar-refractivity contribution in [3.63, 3.8) is 0 Å². The highest BCUT2D eigenvalue weighted by molar-refractivity contribution is 5.90. The summed E-state index contributed by atoms with van der Waals surface area (Å²) in [6, 6.07) is 6.34. The Balaban J connectivity index is 3.00. The monoisotopic (exact) mass is 279 g/mol. The van der Waals surface area contributed by atoms with Gasteiger partial charge in [0, 0.05) is 6.42 Å². The predicted octanol–water partition coefficient (Wildman–Crippen LogP) is 3.84. The number of Topliss-reactive ketones (excluding diaryl/α,β-unsaturated/α-hetero) is 1. The zero-order valence-corrected chi connectivity index (χ0v) is 13.1. The van der Waals surface area contributed by atoms with Crippen molar-refractivity contribution in [1.29, 1.82) is 0 Å². The normalized spacial score (nSPS) is 11.9. The minimum atomic E-state index is -0.421. The van der Waals surface area contributed by atoms with Gasteiger partial charge in [0.15, 0.2) is 5.78 Å². The summed E-state index contributed by atoms with van der Waals surface area (Å²) < 4.78 is 13.2. The van der Waals surface area contributed by atoms with Crippen LogP contribution in [0.4, 0.5) is 4.39 Å². The molecule has 0 saturated heterocycles. The quantitative estimate of drug-likeness (QED) is 0.720. The molecule has 0 bridgehead atoms. The molecule has 1 aromatic rings. The summed E-state index contributed by atoms with van der Waals surface area (Å²) in [7, 11) is 0. The topological polar surface area (TPSA) is 20.3 Å². The summed E-state index contributed by atoms with van der Waals surface area (Å²) >= 11 is 0. The molecule has 1 rings (SSSR count). The van der Waals surface area contributed by atoms with Crippen LogP contribution in [0.25, 0.3) is 0 Å². The van der Waals surface area contributed by atoms with Gasteiger partial charge in [0.2, 0.25) is 0 Å². The molecular weight excluding hydrogens is 253 g/mol. The highest BCUT2D eigenvalue weighted by Gasteiger charge is 2.38. The molecule has 20 heavy (non-hydrogen) atoms. The summed E-state index contributed by atoms with van der Waals surface area (Å²) in [5.41, 5.74) is 0.337. The van der Waals surface area contributed by atoms with Gasteiger partial charge in [0.25, 0.3) is 0 Å². The first-order chi connectivity index (χ1) is 9.53. The third-order valence-electron chi connectivity index (χ3n) is 4.31. The lowest BCUT2D eigenvalue weighted by Gasteiger charge is -2.41. The van der Waals surface area contributed by atoms with Crippen LogP contribution >= 0.6 is 0 Å². The van der Waals surface area contributed by atoms with E-state index in [0.717, 1.165) is 31.5 Å². The van der Waals surface area contributed by atoms with E-state index in [9.17, 15) is 9.18 Å². The van der Waals surface area contributed by atoms with Crippen molar-refractivity contribution in [2.45, 2.75) is 52.5 Å². The van der Waals surface area contributed by atoms with Gasteiger partial charge in [-0.05, 0) is 43.6 Å². The Morgan fingerprint density at radius 1 is 1.15 bits per heavy atom. The number of hydrogen-bond acceptors (Lipinski definition) is 2. The average Bonchev–Trinajstić information content (AvgIpc) is 2.44. The Labute approximate surface area is 122 Å². The molecule has 0 atom stereocenters. The Bertz CT molecular complexity index is 436. The standard InChI is InChI=1S/C17H26FNO/c1-5-17(6-2,19(7-3)8-4)16(20)13-14-10-9-11-15(18)12-14/h9-12H,5-8,13H2,1-4H3. The van der Waals surface area contributed by atoms with E-state index in [-0.39, 0.29) is 11.6 Å². The molecule has 0 spiro atoms. The molecule has 0 fully saturated rings. The van der Waals surface area contributed by atoms with Gasteiger partial charge < -0.3 is 0 Å². The molecule has 0 aliphatic carbocycles. The van der Waals surface area contributed by atoms with Gasteiger partial charge in [0.05, 0.1) is 5.54 Å². The van der Waals surface area contributed by atoms with Crippen molar-refractivity contribution in [1.82, 2.24) is 4.90 Å². The number of nitrogens with zero attached hydrogens (tertiary/aromatic N) is 1. The number of carbonyl (C=O) groups is 1. The fourth-order valence-corrected chi connectivity index (χ4v) is 3.09. The summed E-state index contributed by atoms with van der Waals surface area (Å²) in [5.74, 6) is -0.0893. The summed E-state index contributed by atoms with van der Waals surface area (Å²) in [6.45, 7) is 9.99. The Morgan fingerprint density at radius 3 is 2.20 bits per heavy atom. The molecule has 0 heterocycles. The highest BCUT2D eigenvalue weighted by Crippen LogP contribution is 2.26. The van der Waals surface area contributed by atoms with E-state index in [2.05, 4.69) is 32.6 Å². The second-order valence-corrected chi connectivity index (χ2v) is 5.14. The molecule has 3 heteroatoms. The van der Waals surface area contributed by atoms with E-state index >= 15 is 0 Å². The van der Waals surface area contributed by atoms with Crippen LogP contribution in [0, 0.1) is 5.82 Å². The van der Waals surface area contributed by atoms with Gasteiger partial charge in [-0.2, -0.15) is 0 Å². The average molecular weight is 279 g/mol. The molecule has 0 aromatic heterocycles. The number of likely N-dealkylation sites (N-methyl/N-ethyl adjacent to an activating group) is 1. The molecule has 0 N–H and O–H groups in total.